The first-order valence-corrected chi connectivity index (χ1v) is 4.64. The minimum atomic E-state index is -0.441. The molecule has 0 spiro atoms. The maximum absolute atomic E-state index is 9.32. The van der Waals surface area contributed by atoms with Gasteiger partial charge in [-0.1, -0.05) is 20.8 Å². The Balaban J connectivity index is 4.50. The van der Waals surface area contributed by atoms with Gasteiger partial charge in [-0.3, -0.25) is 0 Å². The van der Waals surface area contributed by atoms with E-state index in [0.717, 1.165) is 0 Å². The van der Waals surface area contributed by atoms with Gasteiger partial charge in [0.05, 0.1) is 13.2 Å². The maximum atomic E-state index is 9.32. The first-order chi connectivity index (χ1) is 5.93. The quantitative estimate of drug-likeness (QED) is 0.681. The first kappa shape index (κ1) is 12.9. The summed E-state index contributed by atoms with van der Waals surface area (Å²) in [5, 5.41) is 18.6. The van der Waals surface area contributed by atoms with Crippen LogP contribution in [0.15, 0.2) is 0 Å². The maximum Gasteiger partial charge on any atom is 0.0515 e. The van der Waals surface area contributed by atoms with E-state index in [1.165, 1.54) is 0 Å². The van der Waals surface area contributed by atoms with Crippen LogP contribution in [0.1, 0.15) is 27.2 Å². The summed E-state index contributed by atoms with van der Waals surface area (Å²) < 4.78 is 4.97. The Bertz CT molecular complexity index is 134. The highest BCUT2D eigenvalue weighted by Gasteiger charge is 2.40. The average molecular weight is 190 g/mol. The predicted octanol–water partition coefficient (Wildman–Crippen LogP) is 1.04. The van der Waals surface area contributed by atoms with Gasteiger partial charge in [-0.15, -0.1) is 0 Å². The Hall–Kier alpha value is -0.120. The van der Waals surface area contributed by atoms with E-state index in [4.69, 9.17) is 4.74 Å². The molecular formula is C10H22O3. The van der Waals surface area contributed by atoms with Crippen LogP contribution in [0.4, 0.5) is 0 Å². The second kappa shape index (κ2) is 4.94. The van der Waals surface area contributed by atoms with E-state index in [-0.39, 0.29) is 18.6 Å². The molecule has 0 saturated heterocycles. The minimum Gasteiger partial charge on any atom is -0.396 e. The van der Waals surface area contributed by atoms with Crippen LogP contribution >= 0.6 is 0 Å². The Kier molecular flexibility index (Phi) is 4.89. The van der Waals surface area contributed by atoms with Crippen molar-refractivity contribution >= 4 is 0 Å². The number of rotatable bonds is 5. The number of aliphatic hydroxyl groups excluding tert-OH is 2. The van der Waals surface area contributed by atoms with Gasteiger partial charge in [0.15, 0.2) is 0 Å². The van der Waals surface area contributed by atoms with Gasteiger partial charge in [-0.2, -0.15) is 0 Å². The molecule has 0 rings (SSSR count). The standard InChI is InChI=1S/C10H22O3/c1-9(2,3)10(7-11,8-12)5-6-13-4/h11-12H,5-8H2,1-4H3. The van der Waals surface area contributed by atoms with Gasteiger partial charge < -0.3 is 14.9 Å². The van der Waals surface area contributed by atoms with Crippen molar-refractivity contribution < 1.29 is 14.9 Å². The van der Waals surface area contributed by atoms with Crippen LogP contribution in [0, 0.1) is 10.8 Å². The van der Waals surface area contributed by atoms with Gasteiger partial charge in [-0.25, -0.2) is 0 Å². The molecule has 80 valence electrons. The smallest absolute Gasteiger partial charge is 0.0515 e. The number of methoxy groups -OCH3 is 1. The van der Waals surface area contributed by atoms with E-state index in [9.17, 15) is 10.2 Å². The summed E-state index contributed by atoms with van der Waals surface area (Å²) in [6.45, 7) is 6.63. The van der Waals surface area contributed by atoms with Crippen molar-refractivity contribution in [3.63, 3.8) is 0 Å². The molecule has 0 aliphatic carbocycles. The fourth-order valence-electron chi connectivity index (χ4n) is 1.35. The molecule has 0 aliphatic rings. The predicted molar refractivity (Wildman–Crippen MR) is 52.6 cm³/mol. The lowest BCUT2D eigenvalue weighted by Crippen LogP contribution is -2.43. The lowest BCUT2D eigenvalue weighted by Gasteiger charge is -2.42. The van der Waals surface area contributed by atoms with Crippen LogP contribution in [0.3, 0.4) is 0 Å². The molecule has 0 aliphatic heterocycles. The zero-order chi connectivity index (χ0) is 10.5. The SMILES string of the molecule is COCCC(CO)(CO)C(C)(C)C. The molecule has 0 fully saturated rings. The second-order valence-electron chi connectivity index (χ2n) is 4.59. The van der Waals surface area contributed by atoms with Crippen molar-refractivity contribution in [2.24, 2.45) is 10.8 Å². The summed E-state index contributed by atoms with van der Waals surface area (Å²) in [7, 11) is 1.63. The Labute approximate surface area is 80.7 Å². The molecule has 0 unspecified atom stereocenters. The van der Waals surface area contributed by atoms with Crippen LogP contribution in [-0.2, 0) is 4.74 Å². The van der Waals surface area contributed by atoms with Gasteiger partial charge in [0.2, 0.25) is 0 Å². The normalized spacial score (nSPS) is 13.4. The van der Waals surface area contributed by atoms with E-state index in [0.29, 0.717) is 13.0 Å². The lowest BCUT2D eigenvalue weighted by molar-refractivity contribution is -0.0524. The summed E-state index contributed by atoms with van der Waals surface area (Å²) in [6.07, 6.45) is 0.681. The first-order valence-electron chi connectivity index (χ1n) is 4.64. The van der Waals surface area contributed by atoms with Crippen molar-refractivity contribution in [1.82, 2.24) is 0 Å². The molecule has 0 aromatic carbocycles. The van der Waals surface area contributed by atoms with Crippen molar-refractivity contribution in [2.75, 3.05) is 26.9 Å². The molecule has 3 nitrogen and oxygen atoms in total. The highest BCUT2D eigenvalue weighted by Crippen LogP contribution is 2.40. The average Bonchev–Trinajstić information content (AvgIpc) is 2.05. The third-order valence-electron chi connectivity index (χ3n) is 2.98. The highest BCUT2D eigenvalue weighted by molar-refractivity contribution is 4.89. The molecular weight excluding hydrogens is 168 g/mol. The third kappa shape index (κ3) is 2.93. The van der Waals surface area contributed by atoms with Crippen LogP contribution in [0.25, 0.3) is 0 Å². The Morgan fingerprint density at radius 1 is 1.08 bits per heavy atom. The Morgan fingerprint density at radius 3 is 1.77 bits per heavy atom. The van der Waals surface area contributed by atoms with Gasteiger partial charge >= 0.3 is 0 Å². The highest BCUT2D eigenvalue weighted by atomic mass is 16.5. The summed E-state index contributed by atoms with van der Waals surface area (Å²) in [4.78, 5) is 0. The van der Waals surface area contributed by atoms with Crippen LogP contribution in [0.2, 0.25) is 0 Å². The summed E-state index contributed by atoms with van der Waals surface area (Å²) in [6, 6.07) is 0. The van der Waals surface area contributed by atoms with Gasteiger partial charge in [0.1, 0.15) is 0 Å². The molecule has 0 radical (unpaired) electrons. The zero-order valence-electron chi connectivity index (χ0n) is 9.13. The number of hydrogen-bond acceptors (Lipinski definition) is 3. The molecule has 13 heavy (non-hydrogen) atoms. The largest absolute Gasteiger partial charge is 0.396 e. The van der Waals surface area contributed by atoms with Crippen molar-refractivity contribution in [3.8, 4) is 0 Å². The van der Waals surface area contributed by atoms with E-state index >= 15 is 0 Å². The summed E-state index contributed by atoms with van der Waals surface area (Å²) in [5.41, 5.74) is -0.557. The molecule has 0 amide bonds. The van der Waals surface area contributed by atoms with Gasteiger partial charge in [0, 0.05) is 19.1 Å². The van der Waals surface area contributed by atoms with Crippen LogP contribution < -0.4 is 0 Å². The number of hydrogen-bond donors (Lipinski definition) is 2. The molecule has 0 aromatic rings. The van der Waals surface area contributed by atoms with Crippen molar-refractivity contribution in [1.29, 1.82) is 0 Å². The fourth-order valence-corrected chi connectivity index (χ4v) is 1.35. The second-order valence-corrected chi connectivity index (χ2v) is 4.59. The Morgan fingerprint density at radius 2 is 1.54 bits per heavy atom. The van der Waals surface area contributed by atoms with E-state index in [1.54, 1.807) is 7.11 Å². The topological polar surface area (TPSA) is 49.7 Å². The van der Waals surface area contributed by atoms with Crippen molar-refractivity contribution in [2.45, 2.75) is 27.2 Å². The molecule has 3 heteroatoms. The summed E-state index contributed by atoms with van der Waals surface area (Å²) in [5.74, 6) is 0. The fraction of sp³-hybridized carbons (Fsp3) is 1.00. The molecule has 0 bridgehead atoms. The molecule has 0 saturated carbocycles. The van der Waals surface area contributed by atoms with E-state index < -0.39 is 5.41 Å². The lowest BCUT2D eigenvalue weighted by atomic mass is 9.66. The van der Waals surface area contributed by atoms with Gasteiger partial charge in [-0.05, 0) is 11.8 Å². The molecule has 0 heterocycles. The third-order valence-corrected chi connectivity index (χ3v) is 2.98. The van der Waals surface area contributed by atoms with E-state index in [2.05, 4.69) is 0 Å². The zero-order valence-corrected chi connectivity index (χ0v) is 9.13. The van der Waals surface area contributed by atoms with Crippen LogP contribution in [-0.4, -0.2) is 37.1 Å². The van der Waals surface area contributed by atoms with E-state index in [1.807, 2.05) is 20.8 Å². The molecule has 0 aromatic heterocycles. The monoisotopic (exact) mass is 190 g/mol. The number of ether oxygens (including phenoxy) is 1. The van der Waals surface area contributed by atoms with Gasteiger partial charge in [0.25, 0.3) is 0 Å². The molecule has 0 atom stereocenters. The number of aliphatic hydroxyl groups is 2. The van der Waals surface area contributed by atoms with Crippen LogP contribution in [0.5, 0.6) is 0 Å². The molecule has 2 N–H and O–H groups in total. The minimum absolute atomic E-state index is 0.00361. The van der Waals surface area contributed by atoms with Crippen molar-refractivity contribution in [3.05, 3.63) is 0 Å². The summed E-state index contributed by atoms with van der Waals surface area (Å²) >= 11 is 0.